The van der Waals surface area contributed by atoms with Gasteiger partial charge in [-0.25, -0.2) is 0 Å². The van der Waals surface area contributed by atoms with Crippen LogP contribution < -0.4 is 0 Å². The number of fused-ring (bicyclic) bond motifs is 2. The molecule has 1 radical (unpaired) electrons. The van der Waals surface area contributed by atoms with E-state index in [1.807, 2.05) is 0 Å². The molecule has 0 aromatic carbocycles. The van der Waals surface area contributed by atoms with Gasteiger partial charge < -0.3 is 9.20 Å². The Hall–Kier alpha value is 0.267. The van der Waals surface area contributed by atoms with Gasteiger partial charge in [0.15, 0.2) is 0 Å². The fourth-order valence-electron chi connectivity index (χ4n) is 5.27. The highest BCUT2D eigenvalue weighted by Gasteiger charge is 2.48. The van der Waals surface area contributed by atoms with Gasteiger partial charge in [0, 0.05) is 0 Å². The fraction of sp³-hybridized carbons (Fsp3) is 1.00. The molecule has 0 unspecified atom stereocenters. The van der Waals surface area contributed by atoms with Crippen molar-refractivity contribution in [2.24, 2.45) is 0 Å². The summed E-state index contributed by atoms with van der Waals surface area (Å²) in [5.74, 6) is 1.83. The molecule has 137 valence electrons. The lowest BCUT2D eigenvalue weighted by molar-refractivity contribution is 0.286. The van der Waals surface area contributed by atoms with Gasteiger partial charge >= 0.3 is 0 Å². The van der Waals surface area contributed by atoms with E-state index in [1.165, 1.54) is 38.5 Å². The monoisotopic (exact) mass is 347 g/mol. The van der Waals surface area contributed by atoms with Crippen molar-refractivity contribution in [2.75, 3.05) is 0 Å². The lowest BCUT2D eigenvalue weighted by Gasteiger charge is -2.55. The Morgan fingerprint density at radius 2 is 1.21 bits per heavy atom. The molecule has 2 aliphatic heterocycles. The molecule has 24 heavy (non-hydrogen) atoms. The van der Waals surface area contributed by atoms with E-state index in [4.69, 9.17) is 0 Å². The molecular formula is C19H41B2N2Si. The average molecular weight is 347 g/mol. The molecule has 2 saturated heterocycles. The van der Waals surface area contributed by atoms with E-state index in [9.17, 15) is 0 Å². The lowest BCUT2D eigenvalue weighted by atomic mass is 9.31. The molecule has 5 heteroatoms. The first-order chi connectivity index (χ1) is 10.8. The molecule has 2 nitrogen and oxygen atoms in total. The summed E-state index contributed by atoms with van der Waals surface area (Å²) in [4.78, 5) is 0. The van der Waals surface area contributed by atoms with Crippen LogP contribution in [-0.4, -0.2) is 42.9 Å². The molecule has 2 bridgehead atoms. The van der Waals surface area contributed by atoms with Crippen LogP contribution in [0.2, 0.25) is 31.3 Å². The molecule has 0 spiro atoms. The minimum absolute atomic E-state index is 0.192. The smallest absolute Gasteiger partial charge is 0.294 e. The molecule has 0 aromatic rings. The predicted octanol–water partition coefficient (Wildman–Crippen LogP) is 5.66. The van der Waals surface area contributed by atoms with Crippen LogP contribution in [0.4, 0.5) is 0 Å². The second kappa shape index (κ2) is 7.11. The van der Waals surface area contributed by atoms with Crippen molar-refractivity contribution < 1.29 is 0 Å². The van der Waals surface area contributed by atoms with E-state index >= 15 is 0 Å². The van der Waals surface area contributed by atoms with Crippen LogP contribution in [0.5, 0.6) is 0 Å². The Kier molecular flexibility index (Phi) is 6.10. The average Bonchev–Trinajstić information content (AvgIpc) is 2.33. The Morgan fingerprint density at radius 3 is 1.50 bits per heavy atom. The molecule has 0 aliphatic carbocycles. The summed E-state index contributed by atoms with van der Waals surface area (Å²) < 4.78 is 5.53. The van der Waals surface area contributed by atoms with Crippen LogP contribution in [0.25, 0.3) is 0 Å². The van der Waals surface area contributed by atoms with Gasteiger partial charge in [0.25, 0.3) is 7.55 Å². The molecule has 0 saturated carbocycles. The summed E-state index contributed by atoms with van der Waals surface area (Å²) in [6.07, 6.45) is 8.71. The highest BCUT2D eigenvalue weighted by Crippen LogP contribution is 2.48. The van der Waals surface area contributed by atoms with Crippen molar-refractivity contribution >= 4 is 22.6 Å². The Labute approximate surface area is 154 Å². The van der Waals surface area contributed by atoms with Crippen molar-refractivity contribution in [1.82, 2.24) is 9.20 Å². The lowest BCUT2D eigenvalue weighted by Crippen LogP contribution is -2.68. The van der Waals surface area contributed by atoms with E-state index < -0.39 is 8.24 Å². The first kappa shape index (κ1) is 20.6. The third kappa shape index (κ3) is 4.70. The second-order valence-corrected chi connectivity index (χ2v) is 16.1. The molecule has 2 rings (SSSR count). The minimum atomic E-state index is -1.43. The van der Waals surface area contributed by atoms with Crippen molar-refractivity contribution in [3.8, 4) is 0 Å². The molecule has 2 heterocycles. The summed E-state index contributed by atoms with van der Waals surface area (Å²) >= 11 is 0. The van der Waals surface area contributed by atoms with E-state index in [-0.39, 0.29) is 11.1 Å². The van der Waals surface area contributed by atoms with Crippen LogP contribution in [0.15, 0.2) is 0 Å². The van der Waals surface area contributed by atoms with Crippen molar-refractivity contribution in [1.29, 1.82) is 0 Å². The zero-order chi connectivity index (χ0) is 18.3. The minimum Gasteiger partial charge on any atom is -0.369 e. The standard InChI is InChI=1S/C19H41B2N2Si/c1-18(2,3)22(20-23(19(4,5)6)24(7,8)9)21-16-12-10-13-17(21)15-11-14-16/h16-17H,10-15H2,1-9H3. The molecule has 2 fully saturated rings. The van der Waals surface area contributed by atoms with Gasteiger partial charge in [0.2, 0.25) is 6.85 Å². The molecule has 2 aliphatic rings. The first-order valence-electron chi connectivity index (χ1n) is 10.2. The van der Waals surface area contributed by atoms with Crippen LogP contribution in [0, 0.1) is 0 Å². The largest absolute Gasteiger partial charge is 0.369 e. The van der Waals surface area contributed by atoms with Gasteiger partial charge in [-0.05, 0) is 64.3 Å². The quantitative estimate of drug-likeness (QED) is 0.606. The van der Waals surface area contributed by atoms with Crippen LogP contribution in [-0.2, 0) is 0 Å². The number of nitrogens with zero attached hydrogens (tertiary/aromatic N) is 2. The third-order valence-corrected chi connectivity index (χ3v) is 8.28. The highest BCUT2D eigenvalue weighted by molar-refractivity contribution is 6.81. The summed E-state index contributed by atoms with van der Waals surface area (Å²) in [6.45, 7) is 22.6. The highest BCUT2D eigenvalue weighted by atomic mass is 28.3. The van der Waals surface area contributed by atoms with E-state index in [0.717, 1.165) is 18.5 Å². The van der Waals surface area contributed by atoms with Crippen LogP contribution in [0.1, 0.15) is 80.1 Å². The van der Waals surface area contributed by atoms with E-state index in [0.29, 0.717) is 0 Å². The SMILES string of the molecule is CC(C)(C)N([B]N(C(C)(C)C)[Si](C)(C)C)B1C2CCCC1CCC2. The zero-order valence-corrected chi connectivity index (χ0v) is 18.9. The molecule has 0 N–H and O–H groups in total. The summed E-state index contributed by atoms with van der Waals surface area (Å²) in [5, 5.41) is 0. The van der Waals surface area contributed by atoms with Crippen molar-refractivity contribution in [2.45, 2.75) is 122 Å². The van der Waals surface area contributed by atoms with Gasteiger partial charge in [-0.1, -0.05) is 58.2 Å². The van der Waals surface area contributed by atoms with E-state index in [1.54, 1.807) is 0 Å². The van der Waals surface area contributed by atoms with Gasteiger partial charge in [0.1, 0.15) is 8.24 Å². The van der Waals surface area contributed by atoms with Crippen LogP contribution >= 0.6 is 0 Å². The maximum absolute atomic E-state index is 2.80. The van der Waals surface area contributed by atoms with Crippen molar-refractivity contribution in [3.05, 3.63) is 0 Å². The molecule has 0 amide bonds. The van der Waals surface area contributed by atoms with Gasteiger partial charge in [0.05, 0.1) is 0 Å². The van der Waals surface area contributed by atoms with Crippen molar-refractivity contribution in [3.63, 3.8) is 0 Å². The molecular weight excluding hydrogens is 306 g/mol. The van der Waals surface area contributed by atoms with Gasteiger partial charge in [-0.2, -0.15) is 0 Å². The Bertz CT molecular complexity index is 387. The predicted molar refractivity (Wildman–Crippen MR) is 113 cm³/mol. The normalized spacial score (nSPS) is 26.2. The van der Waals surface area contributed by atoms with Crippen LogP contribution in [0.3, 0.4) is 0 Å². The first-order valence-corrected chi connectivity index (χ1v) is 13.7. The van der Waals surface area contributed by atoms with E-state index in [2.05, 4.69) is 77.9 Å². The number of hydrogen-bond donors (Lipinski definition) is 0. The summed E-state index contributed by atoms with van der Waals surface area (Å²) in [5.41, 5.74) is 0.386. The zero-order valence-electron chi connectivity index (χ0n) is 17.9. The van der Waals surface area contributed by atoms with Gasteiger partial charge in [-0.15, -0.1) is 0 Å². The fourth-order valence-corrected chi connectivity index (χ4v) is 7.75. The molecule has 0 atom stereocenters. The number of rotatable bonds is 4. The number of hydrogen-bond acceptors (Lipinski definition) is 2. The topological polar surface area (TPSA) is 6.48 Å². The Morgan fingerprint density at radius 1 is 0.792 bits per heavy atom. The summed E-state index contributed by atoms with van der Waals surface area (Å²) in [6, 6.07) is 0. The van der Waals surface area contributed by atoms with Gasteiger partial charge in [-0.3, -0.25) is 0 Å². The molecule has 0 aromatic heterocycles. The maximum Gasteiger partial charge on any atom is 0.294 e. The summed E-state index contributed by atoms with van der Waals surface area (Å²) in [7, 11) is 1.15. The maximum atomic E-state index is 2.80. The third-order valence-electron chi connectivity index (χ3n) is 6.05. The second-order valence-electron chi connectivity index (χ2n) is 11.3. The Balaban J connectivity index is 2.32.